The highest BCUT2D eigenvalue weighted by atomic mass is 35.5. The molecule has 1 unspecified atom stereocenters. The minimum Gasteiger partial charge on any atom is -0.370 e. The molecular weight excluding hydrogens is 268 g/mol. The number of anilines is 1. The Morgan fingerprint density at radius 2 is 1.90 bits per heavy atom. The molecule has 0 amide bonds. The van der Waals surface area contributed by atoms with E-state index in [4.69, 9.17) is 17.3 Å². The monoisotopic (exact) mass is 294 g/mol. The van der Waals surface area contributed by atoms with Crippen LogP contribution >= 0.6 is 11.6 Å². The van der Waals surface area contributed by atoms with Crippen LogP contribution in [-0.2, 0) is 6.42 Å². The molecule has 0 saturated heterocycles. The molecule has 20 heavy (non-hydrogen) atoms. The molecule has 0 aromatic heterocycles. The Morgan fingerprint density at radius 1 is 1.25 bits per heavy atom. The average molecular weight is 295 g/mol. The summed E-state index contributed by atoms with van der Waals surface area (Å²) < 4.78 is 0. The normalized spacial score (nSPS) is 18.6. The molecule has 1 aliphatic rings. The van der Waals surface area contributed by atoms with Gasteiger partial charge in [-0.05, 0) is 37.8 Å². The second-order valence-corrected chi connectivity index (χ2v) is 6.59. The number of halogens is 1. The highest BCUT2D eigenvalue weighted by molar-refractivity contribution is 6.33. The number of benzene rings is 1. The molecular formula is C17H27ClN2. The maximum atomic E-state index is 6.49. The maximum Gasteiger partial charge on any atom is 0.0642 e. The van der Waals surface area contributed by atoms with E-state index in [9.17, 15) is 0 Å². The van der Waals surface area contributed by atoms with Gasteiger partial charge in [0.1, 0.15) is 0 Å². The van der Waals surface area contributed by atoms with Crippen molar-refractivity contribution < 1.29 is 0 Å². The van der Waals surface area contributed by atoms with Gasteiger partial charge in [-0.2, -0.15) is 0 Å². The Balaban J connectivity index is 2.24. The first-order valence-corrected chi connectivity index (χ1v) is 8.23. The predicted molar refractivity (Wildman–Crippen MR) is 88.7 cm³/mol. The molecule has 1 saturated carbocycles. The van der Waals surface area contributed by atoms with Crippen LogP contribution in [0.4, 0.5) is 5.69 Å². The summed E-state index contributed by atoms with van der Waals surface area (Å²) in [5, 5.41) is 0.856. The van der Waals surface area contributed by atoms with Gasteiger partial charge in [0.25, 0.3) is 0 Å². The molecule has 112 valence electrons. The van der Waals surface area contributed by atoms with E-state index in [-0.39, 0.29) is 6.04 Å². The van der Waals surface area contributed by atoms with Crippen molar-refractivity contribution in [1.29, 1.82) is 0 Å². The Bertz CT molecular complexity index is 423. The Labute approximate surface area is 128 Å². The van der Waals surface area contributed by atoms with Crippen LogP contribution in [0.1, 0.15) is 51.0 Å². The van der Waals surface area contributed by atoms with Gasteiger partial charge in [0.05, 0.1) is 10.7 Å². The van der Waals surface area contributed by atoms with Crippen molar-refractivity contribution in [3.8, 4) is 0 Å². The molecule has 2 rings (SSSR count). The van der Waals surface area contributed by atoms with E-state index < -0.39 is 0 Å². The minimum absolute atomic E-state index is 0.162. The lowest BCUT2D eigenvalue weighted by molar-refractivity contribution is 0.551. The van der Waals surface area contributed by atoms with Gasteiger partial charge < -0.3 is 10.6 Å². The summed E-state index contributed by atoms with van der Waals surface area (Å²) in [7, 11) is 2.20. The molecule has 0 spiro atoms. The van der Waals surface area contributed by atoms with Crippen LogP contribution in [0.3, 0.4) is 0 Å². The summed E-state index contributed by atoms with van der Waals surface area (Å²) in [6.45, 7) is 2.05. The quantitative estimate of drug-likeness (QED) is 0.835. The SMILES string of the molecule is CC(N)Cc1cccc(Cl)c1N(C)C1CCCCCC1. The van der Waals surface area contributed by atoms with Crippen LogP contribution in [0.2, 0.25) is 5.02 Å². The first-order chi connectivity index (χ1) is 9.59. The molecule has 2 N–H and O–H groups in total. The lowest BCUT2D eigenvalue weighted by Gasteiger charge is -2.32. The van der Waals surface area contributed by atoms with Gasteiger partial charge in [-0.3, -0.25) is 0 Å². The third-order valence-corrected chi connectivity index (χ3v) is 4.64. The fourth-order valence-corrected chi connectivity index (χ4v) is 3.62. The zero-order chi connectivity index (χ0) is 14.5. The number of hydrogen-bond acceptors (Lipinski definition) is 2. The van der Waals surface area contributed by atoms with Crippen LogP contribution in [0.5, 0.6) is 0 Å². The third-order valence-electron chi connectivity index (χ3n) is 4.34. The fourth-order valence-electron chi connectivity index (χ4n) is 3.29. The van der Waals surface area contributed by atoms with E-state index in [1.165, 1.54) is 49.8 Å². The Hall–Kier alpha value is -0.730. The van der Waals surface area contributed by atoms with E-state index >= 15 is 0 Å². The van der Waals surface area contributed by atoms with E-state index in [1.807, 2.05) is 12.1 Å². The second kappa shape index (κ2) is 7.33. The highest BCUT2D eigenvalue weighted by Gasteiger charge is 2.21. The topological polar surface area (TPSA) is 29.3 Å². The van der Waals surface area contributed by atoms with E-state index in [1.54, 1.807) is 0 Å². The lowest BCUT2D eigenvalue weighted by atomic mass is 10.0. The van der Waals surface area contributed by atoms with Crippen molar-refractivity contribution in [3.63, 3.8) is 0 Å². The van der Waals surface area contributed by atoms with Crippen LogP contribution in [0.25, 0.3) is 0 Å². The van der Waals surface area contributed by atoms with Gasteiger partial charge in [0.2, 0.25) is 0 Å². The molecule has 3 heteroatoms. The number of rotatable bonds is 4. The molecule has 2 nitrogen and oxygen atoms in total. The predicted octanol–water partition coefficient (Wildman–Crippen LogP) is 4.39. The third kappa shape index (κ3) is 3.89. The Kier molecular flexibility index (Phi) is 5.74. The van der Waals surface area contributed by atoms with Crippen molar-refractivity contribution in [2.45, 2.75) is 64.0 Å². The smallest absolute Gasteiger partial charge is 0.0642 e. The first-order valence-electron chi connectivity index (χ1n) is 7.85. The van der Waals surface area contributed by atoms with Crippen molar-refractivity contribution in [2.75, 3.05) is 11.9 Å². The summed E-state index contributed by atoms with van der Waals surface area (Å²) in [6.07, 6.45) is 8.86. The first kappa shape index (κ1) is 15.7. The number of nitrogens with zero attached hydrogens (tertiary/aromatic N) is 1. The number of nitrogens with two attached hydrogens (primary N) is 1. The minimum atomic E-state index is 0.162. The molecule has 0 radical (unpaired) electrons. The second-order valence-electron chi connectivity index (χ2n) is 6.19. The van der Waals surface area contributed by atoms with Crippen molar-refractivity contribution in [2.24, 2.45) is 5.73 Å². The van der Waals surface area contributed by atoms with Crippen LogP contribution in [-0.4, -0.2) is 19.1 Å². The van der Waals surface area contributed by atoms with Gasteiger partial charge in [0.15, 0.2) is 0 Å². The van der Waals surface area contributed by atoms with Gasteiger partial charge in [0, 0.05) is 19.1 Å². The molecule has 1 fully saturated rings. The van der Waals surface area contributed by atoms with Gasteiger partial charge in [-0.25, -0.2) is 0 Å². The highest BCUT2D eigenvalue weighted by Crippen LogP contribution is 2.34. The fraction of sp³-hybridized carbons (Fsp3) is 0.647. The van der Waals surface area contributed by atoms with Crippen molar-refractivity contribution >= 4 is 17.3 Å². The number of para-hydroxylation sites is 1. The van der Waals surface area contributed by atoms with Crippen LogP contribution in [0.15, 0.2) is 18.2 Å². The van der Waals surface area contributed by atoms with Gasteiger partial charge >= 0.3 is 0 Å². The molecule has 1 aromatic carbocycles. The lowest BCUT2D eigenvalue weighted by Crippen LogP contribution is -2.32. The molecule has 1 atom stereocenters. The number of hydrogen-bond donors (Lipinski definition) is 1. The summed E-state index contributed by atoms with van der Waals surface area (Å²) in [6, 6.07) is 6.97. The zero-order valence-corrected chi connectivity index (χ0v) is 13.5. The Morgan fingerprint density at radius 3 is 2.50 bits per heavy atom. The maximum absolute atomic E-state index is 6.49. The summed E-state index contributed by atoms with van der Waals surface area (Å²) >= 11 is 6.49. The average Bonchev–Trinajstić information content (AvgIpc) is 2.66. The van der Waals surface area contributed by atoms with Gasteiger partial charge in [-0.1, -0.05) is 49.4 Å². The standard InChI is InChI=1S/C17H27ClN2/c1-13(19)12-14-8-7-11-16(18)17(14)20(2)15-9-5-3-4-6-10-15/h7-8,11,13,15H,3-6,9-10,12,19H2,1-2H3. The van der Waals surface area contributed by atoms with Crippen molar-refractivity contribution in [3.05, 3.63) is 28.8 Å². The zero-order valence-electron chi connectivity index (χ0n) is 12.7. The summed E-state index contributed by atoms with van der Waals surface area (Å²) in [4.78, 5) is 2.41. The van der Waals surface area contributed by atoms with E-state index in [0.29, 0.717) is 6.04 Å². The molecule has 0 aliphatic heterocycles. The van der Waals surface area contributed by atoms with Crippen molar-refractivity contribution in [1.82, 2.24) is 0 Å². The summed E-state index contributed by atoms with van der Waals surface area (Å²) in [5.41, 5.74) is 8.46. The van der Waals surface area contributed by atoms with Crippen LogP contribution in [0, 0.1) is 0 Å². The van der Waals surface area contributed by atoms with E-state index in [2.05, 4.69) is 24.9 Å². The molecule has 1 aromatic rings. The summed E-state index contributed by atoms with van der Waals surface area (Å²) in [5.74, 6) is 0. The largest absolute Gasteiger partial charge is 0.370 e. The molecule has 0 heterocycles. The van der Waals surface area contributed by atoms with Gasteiger partial charge in [-0.15, -0.1) is 0 Å². The molecule has 0 bridgehead atoms. The van der Waals surface area contributed by atoms with E-state index in [0.717, 1.165) is 11.4 Å². The van der Waals surface area contributed by atoms with Crippen LogP contribution < -0.4 is 10.6 Å². The molecule has 1 aliphatic carbocycles.